The van der Waals surface area contributed by atoms with Crippen LogP contribution in [0.25, 0.3) is 0 Å². The summed E-state index contributed by atoms with van der Waals surface area (Å²) in [5.41, 5.74) is 6.74. The lowest BCUT2D eigenvalue weighted by Crippen LogP contribution is -2.18. The summed E-state index contributed by atoms with van der Waals surface area (Å²) in [4.78, 5) is 8.08. The number of likely N-dealkylation sites (tertiary alicyclic amines) is 1. The van der Waals surface area contributed by atoms with Gasteiger partial charge in [-0.25, -0.2) is 4.98 Å². The highest BCUT2D eigenvalue weighted by Gasteiger charge is 2.30. The Kier molecular flexibility index (Phi) is 2.88. The molecule has 1 saturated carbocycles. The van der Waals surface area contributed by atoms with Crippen LogP contribution in [-0.2, 0) is 6.54 Å². The number of rotatable bonds is 4. The van der Waals surface area contributed by atoms with Crippen molar-refractivity contribution >= 4 is 17.2 Å². The van der Waals surface area contributed by atoms with Crippen molar-refractivity contribution in [1.82, 2.24) is 9.88 Å². The normalized spacial score (nSPS) is 20.9. The molecule has 1 aliphatic carbocycles. The standard InChI is InChI=1S/C12H18N4S/c13-12(14)11-10(8-3-4-8)15-9(17-11)7-16-5-1-2-6-16/h8H,1-7H2,(H3,13,14). The molecule has 2 heterocycles. The molecule has 0 spiro atoms. The van der Waals surface area contributed by atoms with Crippen LogP contribution in [0.1, 0.15) is 47.2 Å². The van der Waals surface area contributed by atoms with Crippen molar-refractivity contribution in [2.45, 2.75) is 38.1 Å². The third-order valence-electron chi connectivity index (χ3n) is 3.46. The lowest BCUT2D eigenvalue weighted by Gasteiger charge is -2.11. The number of nitrogens with two attached hydrogens (primary N) is 1. The van der Waals surface area contributed by atoms with Crippen LogP contribution < -0.4 is 5.73 Å². The van der Waals surface area contributed by atoms with E-state index in [0.717, 1.165) is 22.1 Å². The molecule has 1 aromatic heterocycles. The minimum atomic E-state index is 0.192. The molecule has 3 N–H and O–H groups in total. The fraction of sp³-hybridized carbons (Fsp3) is 0.667. The van der Waals surface area contributed by atoms with Gasteiger partial charge in [0.05, 0.1) is 17.1 Å². The number of nitrogens with zero attached hydrogens (tertiary/aromatic N) is 2. The maximum Gasteiger partial charge on any atom is 0.135 e. The molecule has 2 fully saturated rings. The van der Waals surface area contributed by atoms with E-state index in [1.807, 2.05) is 0 Å². The average Bonchev–Trinajstić information content (AvgIpc) is 2.86. The van der Waals surface area contributed by atoms with E-state index in [1.165, 1.54) is 38.8 Å². The third-order valence-corrected chi connectivity index (χ3v) is 4.55. The number of amidine groups is 1. The van der Waals surface area contributed by atoms with Crippen molar-refractivity contribution in [1.29, 1.82) is 5.41 Å². The second kappa shape index (κ2) is 4.38. The Hall–Kier alpha value is -0.940. The lowest BCUT2D eigenvalue weighted by molar-refractivity contribution is 0.330. The van der Waals surface area contributed by atoms with Crippen molar-refractivity contribution in [3.05, 3.63) is 15.6 Å². The molecule has 5 heteroatoms. The number of aromatic nitrogens is 1. The predicted molar refractivity (Wildman–Crippen MR) is 69.6 cm³/mol. The summed E-state index contributed by atoms with van der Waals surface area (Å²) < 4.78 is 0. The summed E-state index contributed by atoms with van der Waals surface area (Å²) >= 11 is 1.62. The molecular formula is C12H18N4S. The zero-order valence-electron chi connectivity index (χ0n) is 9.91. The quantitative estimate of drug-likeness (QED) is 0.633. The molecule has 2 aliphatic rings. The Morgan fingerprint density at radius 1 is 1.41 bits per heavy atom. The van der Waals surface area contributed by atoms with Gasteiger partial charge >= 0.3 is 0 Å². The van der Waals surface area contributed by atoms with E-state index in [1.54, 1.807) is 11.3 Å². The first-order chi connectivity index (χ1) is 8.24. The number of nitrogen functional groups attached to an aromatic ring is 1. The molecule has 0 unspecified atom stereocenters. The molecule has 0 aromatic carbocycles. The summed E-state index contributed by atoms with van der Waals surface area (Å²) in [6.45, 7) is 3.32. The van der Waals surface area contributed by atoms with E-state index in [4.69, 9.17) is 16.1 Å². The Balaban J connectivity index is 1.79. The van der Waals surface area contributed by atoms with Crippen LogP contribution >= 0.6 is 11.3 Å². The highest BCUT2D eigenvalue weighted by molar-refractivity contribution is 7.13. The van der Waals surface area contributed by atoms with Gasteiger partial charge in [-0.15, -0.1) is 11.3 Å². The molecule has 1 aliphatic heterocycles. The van der Waals surface area contributed by atoms with Crippen LogP contribution in [0.15, 0.2) is 0 Å². The van der Waals surface area contributed by atoms with Crippen LogP contribution in [-0.4, -0.2) is 28.8 Å². The summed E-state index contributed by atoms with van der Waals surface area (Å²) in [7, 11) is 0. The van der Waals surface area contributed by atoms with Gasteiger partial charge in [-0.2, -0.15) is 0 Å². The molecule has 0 bridgehead atoms. The SMILES string of the molecule is N=C(N)c1sc(CN2CCCC2)nc1C1CC1. The van der Waals surface area contributed by atoms with Gasteiger partial charge in [0.2, 0.25) is 0 Å². The van der Waals surface area contributed by atoms with Gasteiger partial charge in [0.1, 0.15) is 10.8 Å². The van der Waals surface area contributed by atoms with E-state index in [9.17, 15) is 0 Å². The van der Waals surface area contributed by atoms with E-state index < -0.39 is 0 Å². The fourth-order valence-electron chi connectivity index (χ4n) is 2.40. The minimum Gasteiger partial charge on any atom is -0.383 e. The highest BCUT2D eigenvalue weighted by Crippen LogP contribution is 2.42. The molecule has 92 valence electrons. The molecule has 0 atom stereocenters. The number of hydrogen-bond acceptors (Lipinski definition) is 4. The van der Waals surface area contributed by atoms with Gasteiger partial charge < -0.3 is 5.73 Å². The van der Waals surface area contributed by atoms with Gasteiger partial charge in [-0.1, -0.05) is 0 Å². The summed E-state index contributed by atoms with van der Waals surface area (Å²) in [6, 6.07) is 0. The fourth-order valence-corrected chi connectivity index (χ4v) is 3.46. The molecular weight excluding hydrogens is 232 g/mol. The zero-order chi connectivity index (χ0) is 11.8. The Morgan fingerprint density at radius 2 is 2.12 bits per heavy atom. The Morgan fingerprint density at radius 3 is 2.71 bits per heavy atom. The third kappa shape index (κ3) is 2.35. The van der Waals surface area contributed by atoms with Crippen LogP contribution in [0.2, 0.25) is 0 Å². The van der Waals surface area contributed by atoms with Gasteiger partial charge in [0.15, 0.2) is 0 Å². The van der Waals surface area contributed by atoms with Crippen molar-refractivity contribution in [3.8, 4) is 0 Å². The van der Waals surface area contributed by atoms with Gasteiger partial charge in [-0.05, 0) is 38.8 Å². The molecule has 17 heavy (non-hydrogen) atoms. The largest absolute Gasteiger partial charge is 0.383 e. The highest BCUT2D eigenvalue weighted by atomic mass is 32.1. The molecule has 4 nitrogen and oxygen atoms in total. The summed E-state index contributed by atoms with van der Waals surface area (Å²) in [5, 5.41) is 8.77. The summed E-state index contributed by atoms with van der Waals surface area (Å²) in [5.74, 6) is 0.773. The van der Waals surface area contributed by atoms with E-state index in [-0.39, 0.29) is 5.84 Å². The number of nitrogens with one attached hydrogen (secondary N) is 1. The van der Waals surface area contributed by atoms with Gasteiger partial charge in [0, 0.05) is 5.92 Å². The van der Waals surface area contributed by atoms with Crippen LogP contribution in [0.3, 0.4) is 0 Å². The molecule has 0 radical (unpaired) electrons. The van der Waals surface area contributed by atoms with Crippen molar-refractivity contribution in [3.63, 3.8) is 0 Å². The molecule has 1 aromatic rings. The first kappa shape index (κ1) is 11.2. The monoisotopic (exact) mass is 250 g/mol. The number of hydrogen-bond donors (Lipinski definition) is 2. The average molecular weight is 250 g/mol. The maximum atomic E-state index is 7.63. The molecule has 1 saturated heterocycles. The minimum absolute atomic E-state index is 0.192. The van der Waals surface area contributed by atoms with Crippen molar-refractivity contribution < 1.29 is 0 Å². The van der Waals surface area contributed by atoms with E-state index in [0.29, 0.717) is 5.92 Å². The summed E-state index contributed by atoms with van der Waals surface area (Å²) in [6.07, 6.45) is 5.04. The predicted octanol–water partition coefficient (Wildman–Crippen LogP) is 1.90. The zero-order valence-corrected chi connectivity index (χ0v) is 10.7. The first-order valence-corrected chi connectivity index (χ1v) is 7.12. The Bertz CT molecular complexity index is 430. The number of thiazole rings is 1. The maximum absolute atomic E-state index is 7.63. The van der Waals surface area contributed by atoms with E-state index in [2.05, 4.69) is 4.90 Å². The smallest absolute Gasteiger partial charge is 0.135 e. The van der Waals surface area contributed by atoms with Crippen molar-refractivity contribution in [2.75, 3.05) is 13.1 Å². The molecule has 0 amide bonds. The van der Waals surface area contributed by atoms with Crippen LogP contribution in [0.5, 0.6) is 0 Å². The Labute approximate surface area is 105 Å². The topological polar surface area (TPSA) is 66.0 Å². The van der Waals surface area contributed by atoms with Crippen LogP contribution in [0, 0.1) is 5.41 Å². The second-order valence-corrected chi connectivity index (χ2v) is 6.08. The van der Waals surface area contributed by atoms with Crippen molar-refractivity contribution in [2.24, 2.45) is 5.73 Å². The van der Waals surface area contributed by atoms with Gasteiger partial charge in [0.25, 0.3) is 0 Å². The second-order valence-electron chi connectivity index (χ2n) is 4.99. The lowest BCUT2D eigenvalue weighted by atomic mass is 10.2. The van der Waals surface area contributed by atoms with E-state index >= 15 is 0 Å². The van der Waals surface area contributed by atoms with Crippen LogP contribution in [0.4, 0.5) is 0 Å². The molecule has 3 rings (SSSR count). The van der Waals surface area contributed by atoms with Gasteiger partial charge in [-0.3, -0.25) is 10.3 Å². The first-order valence-electron chi connectivity index (χ1n) is 6.30.